The van der Waals surface area contributed by atoms with E-state index < -0.39 is 0 Å². The monoisotopic (exact) mass is 293 g/mol. The SMILES string of the molecule is CC(C)(C)C1=CC2C=C(C(C)(C)C)N(c3ccccc3)C2=C1. The van der Waals surface area contributed by atoms with Crippen molar-refractivity contribution in [3.8, 4) is 0 Å². The highest BCUT2D eigenvalue weighted by molar-refractivity contribution is 5.67. The first-order valence-electron chi connectivity index (χ1n) is 8.19. The fourth-order valence-corrected chi connectivity index (χ4v) is 3.23. The third kappa shape index (κ3) is 2.54. The molecular formula is C21H27N. The number of anilines is 1. The Morgan fingerprint density at radius 2 is 1.45 bits per heavy atom. The molecule has 1 aromatic carbocycles. The summed E-state index contributed by atoms with van der Waals surface area (Å²) in [6.07, 6.45) is 7.27. The van der Waals surface area contributed by atoms with Crippen LogP contribution in [-0.4, -0.2) is 0 Å². The maximum atomic E-state index is 2.46. The molecule has 0 amide bonds. The Morgan fingerprint density at radius 3 is 2.00 bits per heavy atom. The van der Waals surface area contributed by atoms with Crippen LogP contribution in [0, 0.1) is 16.7 Å². The normalized spacial score (nSPS) is 21.5. The zero-order chi connectivity index (χ0) is 16.1. The molecule has 0 spiro atoms. The number of benzene rings is 1. The van der Waals surface area contributed by atoms with Gasteiger partial charge in [0.05, 0.1) is 0 Å². The average Bonchev–Trinajstić information content (AvgIpc) is 2.95. The topological polar surface area (TPSA) is 3.24 Å². The molecule has 0 radical (unpaired) electrons. The minimum Gasteiger partial charge on any atom is -0.317 e. The highest BCUT2D eigenvalue weighted by atomic mass is 15.2. The van der Waals surface area contributed by atoms with Gasteiger partial charge in [0.15, 0.2) is 0 Å². The minimum absolute atomic E-state index is 0.136. The summed E-state index contributed by atoms with van der Waals surface area (Å²) in [6, 6.07) is 10.7. The van der Waals surface area contributed by atoms with Crippen molar-refractivity contribution in [1.29, 1.82) is 0 Å². The van der Waals surface area contributed by atoms with Gasteiger partial charge in [0.25, 0.3) is 0 Å². The number of hydrogen-bond donors (Lipinski definition) is 0. The molecule has 1 heteroatoms. The maximum Gasteiger partial charge on any atom is 0.0455 e. The van der Waals surface area contributed by atoms with Crippen LogP contribution in [0.5, 0.6) is 0 Å². The van der Waals surface area contributed by atoms with Crippen LogP contribution in [0.4, 0.5) is 5.69 Å². The van der Waals surface area contributed by atoms with E-state index in [4.69, 9.17) is 0 Å². The van der Waals surface area contributed by atoms with Gasteiger partial charge in [0.2, 0.25) is 0 Å². The number of fused-ring (bicyclic) bond motifs is 1. The van der Waals surface area contributed by atoms with Gasteiger partial charge in [0, 0.05) is 28.4 Å². The second kappa shape index (κ2) is 4.87. The second-order valence-electron chi connectivity index (χ2n) is 8.44. The molecule has 0 aromatic heterocycles. The van der Waals surface area contributed by atoms with Crippen LogP contribution in [0.1, 0.15) is 41.5 Å². The highest BCUT2D eigenvalue weighted by Crippen LogP contribution is 2.48. The first kappa shape index (κ1) is 15.1. The Morgan fingerprint density at radius 1 is 0.818 bits per heavy atom. The summed E-state index contributed by atoms with van der Waals surface area (Å²) in [6.45, 7) is 13.8. The van der Waals surface area contributed by atoms with Crippen LogP contribution in [-0.2, 0) is 0 Å². The summed E-state index contributed by atoms with van der Waals surface area (Å²) in [7, 11) is 0. The lowest BCUT2D eigenvalue weighted by Crippen LogP contribution is -2.26. The van der Waals surface area contributed by atoms with Crippen molar-refractivity contribution in [3.05, 3.63) is 65.5 Å². The van der Waals surface area contributed by atoms with Crippen molar-refractivity contribution in [1.82, 2.24) is 0 Å². The predicted octanol–water partition coefficient (Wildman–Crippen LogP) is 5.92. The van der Waals surface area contributed by atoms with Crippen molar-refractivity contribution in [2.24, 2.45) is 16.7 Å². The Labute approximate surface area is 135 Å². The largest absolute Gasteiger partial charge is 0.317 e. The lowest BCUT2D eigenvalue weighted by Gasteiger charge is -2.32. The molecule has 22 heavy (non-hydrogen) atoms. The molecule has 1 heterocycles. The van der Waals surface area contributed by atoms with Gasteiger partial charge < -0.3 is 4.90 Å². The number of para-hydroxylation sites is 1. The van der Waals surface area contributed by atoms with Gasteiger partial charge in [-0.15, -0.1) is 0 Å². The van der Waals surface area contributed by atoms with Crippen molar-refractivity contribution < 1.29 is 0 Å². The van der Waals surface area contributed by atoms with E-state index in [1.807, 2.05) is 0 Å². The molecule has 0 bridgehead atoms. The van der Waals surface area contributed by atoms with E-state index in [1.165, 1.54) is 22.7 Å². The third-order valence-corrected chi connectivity index (χ3v) is 4.49. The molecule has 1 nitrogen and oxygen atoms in total. The van der Waals surface area contributed by atoms with E-state index in [-0.39, 0.29) is 10.8 Å². The van der Waals surface area contributed by atoms with E-state index in [1.54, 1.807) is 0 Å². The quantitative estimate of drug-likeness (QED) is 0.621. The predicted molar refractivity (Wildman–Crippen MR) is 95.6 cm³/mol. The summed E-state index contributed by atoms with van der Waals surface area (Å²) < 4.78 is 0. The second-order valence-corrected chi connectivity index (χ2v) is 8.44. The first-order valence-corrected chi connectivity index (χ1v) is 8.19. The molecule has 1 aliphatic carbocycles. The average molecular weight is 293 g/mol. The van der Waals surface area contributed by atoms with E-state index >= 15 is 0 Å². The molecule has 2 aliphatic rings. The summed E-state index contributed by atoms with van der Waals surface area (Å²) in [4.78, 5) is 2.46. The molecule has 1 aromatic rings. The number of hydrogen-bond acceptors (Lipinski definition) is 1. The van der Waals surface area contributed by atoms with Gasteiger partial charge in [-0.25, -0.2) is 0 Å². The highest BCUT2D eigenvalue weighted by Gasteiger charge is 2.38. The molecule has 0 N–H and O–H groups in total. The molecule has 0 fully saturated rings. The van der Waals surface area contributed by atoms with Gasteiger partial charge >= 0.3 is 0 Å². The van der Waals surface area contributed by atoms with E-state index in [2.05, 4.69) is 95.0 Å². The number of rotatable bonds is 1. The lowest BCUT2D eigenvalue weighted by molar-refractivity contribution is 0.495. The molecule has 3 rings (SSSR count). The Kier molecular flexibility index (Phi) is 3.36. The zero-order valence-electron chi connectivity index (χ0n) is 14.6. The van der Waals surface area contributed by atoms with Crippen molar-refractivity contribution in [2.45, 2.75) is 41.5 Å². The van der Waals surface area contributed by atoms with Crippen molar-refractivity contribution in [2.75, 3.05) is 4.90 Å². The van der Waals surface area contributed by atoms with Gasteiger partial charge in [-0.1, -0.05) is 71.9 Å². The third-order valence-electron chi connectivity index (χ3n) is 4.49. The number of nitrogens with zero attached hydrogens (tertiary/aromatic N) is 1. The van der Waals surface area contributed by atoms with E-state index in [0.29, 0.717) is 5.92 Å². The first-order chi connectivity index (χ1) is 10.2. The Hall–Kier alpha value is -1.76. The minimum atomic E-state index is 0.136. The van der Waals surface area contributed by atoms with Crippen LogP contribution in [0.3, 0.4) is 0 Å². The molecule has 116 valence electrons. The van der Waals surface area contributed by atoms with Gasteiger partial charge in [-0.05, 0) is 29.2 Å². The summed E-state index contributed by atoms with van der Waals surface area (Å²) in [5, 5.41) is 0. The molecular weight excluding hydrogens is 266 g/mol. The summed E-state index contributed by atoms with van der Waals surface area (Å²) in [5.41, 5.74) is 5.85. The smallest absolute Gasteiger partial charge is 0.0455 e. The zero-order valence-corrected chi connectivity index (χ0v) is 14.6. The molecule has 0 saturated heterocycles. The molecule has 0 saturated carbocycles. The fourth-order valence-electron chi connectivity index (χ4n) is 3.23. The van der Waals surface area contributed by atoms with Crippen LogP contribution in [0.25, 0.3) is 0 Å². The van der Waals surface area contributed by atoms with E-state index in [9.17, 15) is 0 Å². The van der Waals surface area contributed by atoms with Crippen LogP contribution in [0.15, 0.2) is 65.5 Å². The standard InChI is InChI=1S/C21H27N/c1-20(2,3)16-12-15-13-19(21(4,5)6)22(18(15)14-16)17-10-8-7-9-11-17/h7-15H,1-6H3. The summed E-state index contributed by atoms with van der Waals surface area (Å²) in [5.74, 6) is 0.420. The lowest BCUT2D eigenvalue weighted by atomic mass is 9.86. The van der Waals surface area contributed by atoms with Crippen LogP contribution in [0.2, 0.25) is 0 Å². The summed E-state index contributed by atoms with van der Waals surface area (Å²) >= 11 is 0. The molecule has 1 aliphatic heterocycles. The molecule has 1 unspecified atom stereocenters. The van der Waals surface area contributed by atoms with E-state index in [0.717, 1.165) is 0 Å². The van der Waals surface area contributed by atoms with Crippen molar-refractivity contribution >= 4 is 5.69 Å². The van der Waals surface area contributed by atoms with Crippen LogP contribution < -0.4 is 4.90 Å². The molecule has 1 atom stereocenters. The maximum absolute atomic E-state index is 2.46. The van der Waals surface area contributed by atoms with Gasteiger partial charge in [0.1, 0.15) is 0 Å². The van der Waals surface area contributed by atoms with Crippen LogP contribution >= 0.6 is 0 Å². The fraction of sp³-hybridized carbons (Fsp3) is 0.429. The number of allylic oxidation sites excluding steroid dienone is 4. The Bertz CT molecular complexity index is 660. The van der Waals surface area contributed by atoms with Gasteiger partial charge in [-0.2, -0.15) is 0 Å². The van der Waals surface area contributed by atoms with Crippen molar-refractivity contribution in [3.63, 3.8) is 0 Å². The van der Waals surface area contributed by atoms with Gasteiger partial charge in [-0.3, -0.25) is 0 Å². The Balaban J connectivity index is 2.09.